The van der Waals surface area contributed by atoms with Crippen LogP contribution in [0.1, 0.15) is 37.0 Å². The van der Waals surface area contributed by atoms with Gasteiger partial charge in [0.15, 0.2) is 0 Å². The van der Waals surface area contributed by atoms with Crippen molar-refractivity contribution in [2.45, 2.75) is 38.8 Å². The van der Waals surface area contributed by atoms with E-state index >= 15 is 0 Å². The van der Waals surface area contributed by atoms with Gasteiger partial charge in [-0.05, 0) is 44.4 Å². The van der Waals surface area contributed by atoms with Crippen LogP contribution in [0, 0.1) is 12.7 Å². The van der Waals surface area contributed by atoms with Crippen molar-refractivity contribution >= 4 is 11.6 Å². The molecular weight excluding hydrogens is 247 g/mol. The number of carbonyl (C=O) groups excluding carboxylic acids is 1. The lowest BCUT2D eigenvalue weighted by atomic mass is 10.0. The Morgan fingerprint density at radius 1 is 1.58 bits per heavy atom. The molecule has 2 unspecified atom stereocenters. The maximum atomic E-state index is 13.6. The number of rotatable bonds is 3. The third kappa shape index (κ3) is 2.56. The highest BCUT2D eigenvalue weighted by Crippen LogP contribution is 2.33. The minimum absolute atomic E-state index is 0.352. The molecular formula is C14H19FN2O2. The van der Waals surface area contributed by atoms with Crippen molar-refractivity contribution in [3.8, 4) is 0 Å². The molecule has 1 heterocycles. The van der Waals surface area contributed by atoms with Gasteiger partial charge in [0.1, 0.15) is 11.9 Å². The fourth-order valence-electron chi connectivity index (χ4n) is 2.62. The first-order valence-electron chi connectivity index (χ1n) is 6.46. The third-order valence-corrected chi connectivity index (χ3v) is 3.65. The zero-order valence-corrected chi connectivity index (χ0v) is 11.2. The molecule has 0 spiro atoms. The quantitative estimate of drug-likeness (QED) is 0.874. The van der Waals surface area contributed by atoms with E-state index in [1.54, 1.807) is 19.9 Å². The summed E-state index contributed by atoms with van der Waals surface area (Å²) in [5.74, 6) is -0.731. The standard InChI is InChI=1S/C14H19FN2O2/c1-8-6-13(10(9(2)18)7-11(8)15)17-5-3-4-12(17)14(16)19/h6-7,9,12,18H,3-5H2,1-2H3,(H2,16,19). The maximum Gasteiger partial charge on any atom is 0.240 e. The van der Waals surface area contributed by atoms with Gasteiger partial charge in [-0.1, -0.05) is 0 Å². The van der Waals surface area contributed by atoms with Gasteiger partial charge in [0, 0.05) is 17.8 Å². The molecule has 1 aliphatic heterocycles. The zero-order valence-electron chi connectivity index (χ0n) is 11.2. The topological polar surface area (TPSA) is 66.6 Å². The van der Waals surface area contributed by atoms with Crippen molar-refractivity contribution < 1.29 is 14.3 Å². The Balaban J connectivity index is 2.48. The number of nitrogens with zero attached hydrogens (tertiary/aromatic N) is 1. The van der Waals surface area contributed by atoms with Crippen LogP contribution in [0.5, 0.6) is 0 Å². The van der Waals surface area contributed by atoms with E-state index in [1.807, 2.05) is 4.90 Å². The zero-order chi connectivity index (χ0) is 14.2. The lowest BCUT2D eigenvalue weighted by molar-refractivity contribution is -0.119. The summed E-state index contributed by atoms with van der Waals surface area (Å²) >= 11 is 0. The Hall–Kier alpha value is -1.62. The van der Waals surface area contributed by atoms with Crippen LogP contribution in [0.15, 0.2) is 12.1 Å². The van der Waals surface area contributed by atoms with Crippen LogP contribution in [0.4, 0.5) is 10.1 Å². The number of anilines is 1. The molecule has 104 valence electrons. The molecule has 2 rings (SSSR count). The molecule has 19 heavy (non-hydrogen) atoms. The predicted octanol–water partition coefficient (Wildman–Crippen LogP) is 1.64. The number of aryl methyl sites for hydroxylation is 1. The van der Waals surface area contributed by atoms with Crippen molar-refractivity contribution in [1.82, 2.24) is 0 Å². The summed E-state index contributed by atoms with van der Waals surface area (Å²) in [6.07, 6.45) is 0.771. The molecule has 1 aromatic carbocycles. The molecule has 1 amide bonds. The van der Waals surface area contributed by atoms with Crippen molar-refractivity contribution in [3.05, 3.63) is 29.1 Å². The van der Waals surface area contributed by atoms with E-state index in [-0.39, 0.29) is 17.8 Å². The molecule has 1 aliphatic rings. The lowest BCUT2D eigenvalue weighted by Crippen LogP contribution is -2.40. The highest BCUT2D eigenvalue weighted by molar-refractivity contribution is 5.84. The van der Waals surface area contributed by atoms with Crippen molar-refractivity contribution in [1.29, 1.82) is 0 Å². The van der Waals surface area contributed by atoms with E-state index in [4.69, 9.17) is 5.73 Å². The van der Waals surface area contributed by atoms with Gasteiger partial charge in [0.05, 0.1) is 6.10 Å². The smallest absolute Gasteiger partial charge is 0.240 e. The molecule has 3 N–H and O–H groups in total. The number of carbonyl (C=O) groups is 1. The number of halogens is 1. The SMILES string of the molecule is Cc1cc(N2CCCC2C(N)=O)c(C(C)O)cc1F. The first-order valence-corrected chi connectivity index (χ1v) is 6.46. The van der Waals surface area contributed by atoms with Gasteiger partial charge < -0.3 is 15.7 Å². The molecule has 5 heteroatoms. The number of amides is 1. The van der Waals surface area contributed by atoms with Crippen LogP contribution in [0.3, 0.4) is 0 Å². The summed E-state index contributed by atoms with van der Waals surface area (Å²) in [6.45, 7) is 3.95. The van der Waals surface area contributed by atoms with Crippen LogP contribution in [0.2, 0.25) is 0 Å². The van der Waals surface area contributed by atoms with Crippen LogP contribution >= 0.6 is 0 Å². The fraction of sp³-hybridized carbons (Fsp3) is 0.500. The van der Waals surface area contributed by atoms with Crippen molar-refractivity contribution in [2.75, 3.05) is 11.4 Å². The highest BCUT2D eigenvalue weighted by Gasteiger charge is 2.31. The van der Waals surface area contributed by atoms with Crippen molar-refractivity contribution in [3.63, 3.8) is 0 Å². The second kappa shape index (κ2) is 5.17. The van der Waals surface area contributed by atoms with Crippen molar-refractivity contribution in [2.24, 2.45) is 5.73 Å². The molecule has 0 saturated carbocycles. The summed E-state index contributed by atoms with van der Waals surface area (Å²) in [5.41, 5.74) is 7.10. The minimum Gasteiger partial charge on any atom is -0.389 e. The van der Waals surface area contributed by atoms with E-state index in [0.29, 0.717) is 29.8 Å². The van der Waals surface area contributed by atoms with Gasteiger partial charge in [-0.25, -0.2) is 4.39 Å². The number of aliphatic hydroxyl groups excluding tert-OH is 1. The second-order valence-electron chi connectivity index (χ2n) is 5.09. The molecule has 4 nitrogen and oxygen atoms in total. The minimum atomic E-state index is -0.792. The van der Waals surface area contributed by atoms with E-state index in [1.165, 1.54) is 6.07 Å². The molecule has 2 atom stereocenters. The first-order chi connectivity index (χ1) is 8.91. The van der Waals surface area contributed by atoms with Gasteiger partial charge >= 0.3 is 0 Å². The normalized spacial score (nSPS) is 20.6. The van der Waals surface area contributed by atoms with Gasteiger partial charge in [0.25, 0.3) is 0 Å². The Morgan fingerprint density at radius 2 is 2.26 bits per heavy atom. The van der Waals surface area contributed by atoms with Crippen LogP contribution in [-0.4, -0.2) is 23.6 Å². The molecule has 0 aromatic heterocycles. The number of primary amides is 1. The summed E-state index contributed by atoms with van der Waals surface area (Å²) in [6, 6.07) is 2.65. The average Bonchev–Trinajstić information content (AvgIpc) is 2.80. The second-order valence-corrected chi connectivity index (χ2v) is 5.09. The van der Waals surface area contributed by atoms with E-state index < -0.39 is 6.10 Å². The highest BCUT2D eigenvalue weighted by atomic mass is 19.1. The predicted molar refractivity (Wildman–Crippen MR) is 71.3 cm³/mol. The Morgan fingerprint density at radius 3 is 2.84 bits per heavy atom. The number of hydrogen-bond donors (Lipinski definition) is 2. The maximum absolute atomic E-state index is 13.6. The molecule has 0 aliphatic carbocycles. The summed E-state index contributed by atoms with van der Waals surface area (Å²) < 4.78 is 13.6. The fourth-order valence-corrected chi connectivity index (χ4v) is 2.62. The monoisotopic (exact) mass is 266 g/mol. The number of aliphatic hydroxyl groups is 1. The molecule has 1 fully saturated rings. The third-order valence-electron chi connectivity index (χ3n) is 3.65. The molecule has 1 saturated heterocycles. The van der Waals surface area contributed by atoms with Gasteiger partial charge in [-0.15, -0.1) is 0 Å². The molecule has 0 bridgehead atoms. The van der Waals surface area contributed by atoms with E-state index in [0.717, 1.165) is 6.42 Å². The Labute approximate surface area is 112 Å². The lowest BCUT2D eigenvalue weighted by Gasteiger charge is -2.28. The van der Waals surface area contributed by atoms with Gasteiger partial charge in [0.2, 0.25) is 5.91 Å². The average molecular weight is 266 g/mol. The summed E-state index contributed by atoms with van der Waals surface area (Å²) in [5, 5.41) is 9.80. The Kier molecular flexibility index (Phi) is 3.75. The summed E-state index contributed by atoms with van der Waals surface area (Å²) in [4.78, 5) is 13.3. The largest absolute Gasteiger partial charge is 0.389 e. The Bertz CT molecular complexity index is 502. The summed E-state index contributed by atoms with van der Waals surface area (Å²) in [7, 11) is 0. The molecule has 1 aromatic rings. The van der Waals surface area contributed by atoms with Gasteiger partial charge in [-0.2, -0.15) is 0 Å². The van der Waals surface area contributed by atoms with Crippen LogP contribution in [-0.2, 0) is 4.79 Å². The van der Waals surface area contributed by atoms with E-state index in [9.17, 15) is 14.3 Å². The molecule has 0 radical (unpaired) electrons. The van der Waals surface area contributed by atoms with Crippen LogP contribution in [0.25, 0.3) is 0 Å². The van der Waals surface area contributed by atoms with Crippen LogP contribution < -0.4 is 10.6 Å². The number of nitrogens with two attached hydrogens (primary N) is 1. The van der Waals surface area contributed by atoms with Gasteiger partial charge in [-0.3, -0.25) is 4.79 Å². The van der Waals surface area contributed by atoms with E-state index in [2.05, 4.69) is 0 Å². The number of benzene rings is 1. The number of hydrogen-bond acceptors (Lipinski definition) is 3. The first kappa shape index (κ1) is 13.8.